The van der Waals surface area contributed by atoms with E-state index >= 15 is 0 Å². The van der Waals surface area contributed by atoms with Gasteiger partial charge in [-0.05, 0) is 24.6 Å². The Morgan fingerprint density at radius 2 is 2.35 bits per heavy atom. The van der Waals surface area contributed by atoms with E-state index in [4.69, 9.17) is 18.0 Å². The van der Waals surface area contributed by atoms with Crippen molar-refractivity contribution in [3.05, 3.63) is 39.4 Å². The lowest BCUT2D eigenvalue weighted by Crippen LogP contribution is -2.28. The van der Waals surface area contributed by atoms with E-state index in [1.165, 1.54) is 0 Å². The molecule has 0 aliphatic carbocycles. The second kappa shape index (κ2) is 6.56. The smallest absolute Gasteiger partial charge is 0.258 e. The molecule has 1 aromatic carbocycles. The molecule has 4 nitrogen and oxygen atoms in total. The average Bonchev–Trinajstić information content (AvgIpc) is 2.43. The molecule has 0 saturated carbocycles. The molecule has 0 radical (unpaired) electrons. The van der Waals surface area contributed by atoms with Gasteiger partial charge in [-0.25, -0.2) is 4.98 Å². The molecule has 1 aromatic heterocycles. The molecular weight excluding hydrogens is 274 g/mol. The van der Waals surface area contributed by atoms with Crippen LogP contribution in [-0.4, -0.2) is 16.0 Å². The fraction of sp³-hybridized carbons (Fsp3) is 0.333. The van der Waals surface area contributed by atoms with E-state index in [2.05, 4.69) is 28.1 Å². The Bertz CT molecular complexity index is 702. The zero-order chi connectivity index (χ0) is 14.5. The number of hydrogen-bond donors (Lipinski definition) is 2. The number of halogens is 1. The number of rotatable bonds is 5. The van der Waals surface area contributed by atoms with Crippen molar-refractivity contribution in [2.24, 2.45) is 0 Å². The highest BCUT2D eigenvalue weighted by Crippen LogP contribution is 2.14. The van der Waals surface area contributed by atoms with Gasteiger partial charge in [0.2, 0.25) is 0 Å². The van der Waals surface area contributed by atoms with Crippen LogP contribution < -0.4 is 10.9 Å². The molecule has 2 aromatic rings. The summed E-state index contributed by atoms with van der Waals surface area (Å²) in [6.45, 7) is 2.50. The molecule has 0 aliphatic heterocycles. The highest BCUT2D eigenvalue weighted by molar-refractivity contribution is 6.31. The van der Waals surface area contributed by atoms with Crippen molar-refractivity contribution in [3.8, 4) is 12.3 Å². The van der Waals surface area contributed by atoms with Crippen LogP contribution in [0.1, 0.15) is 25.6 Å². The van der Waals surface area contributed by atoms with E-state index in [-0.39, 0.29) is 11.6 Å². The molecule has 0 bridgehead atoms. The van der Waals surface area contributed by atoms with Crippen molar-refractivity contribution in [2.75, 3.05) is 0 Å². The van der Waals surface area contributed by atoms with E-state index in [9.17, 15) is 4.79 Å². The zero-order valence-electron chi connectivity index (χ0n) is 11.2. The minimum absolute atomic E-state index is 0.0136. The second-order valence-corrected chi connectivity index (χ2v) is 5.00. The van der Waals surface area contributed by atoms with Gasteiger partial charge in [-0.3, -0.25) is 10.1 Å². The van der Waals surface area contributed by atoms with Crippen LogP contribution in [0.2, 0.25) is 5.02 Å². The Kier molecular flexibility index (Phi) is 4.78. The van der Waals surface area contributed by atoms with Crippen LogP contribution in [0.15, 0.2) is 23.0 Å². The van der Waals surface area contributed by atoms with E-state index in [1.54, 1.807) is 18.2 Å². The van der Waals surface area contributed by atoms with Crippen molar-refractivity contribution in [3.63, 3.8) is 0 Å². The number of nitrogens with zero attached hydrogens (tertiary/aromatic N) is 1. The molecule has 1 heterocycles. The third kappa shape index (κ3) is 3.38. The van der Waals surface area contributed by atoms with Crippen molar-refractivity contribution in [1.82, 2.24) is 15.3 Å². The first-order valence-corrected chi connectivity index (χ1v) is 6.89. The minimum Gasteiger partial charge on any atom is -0.309 e. The van der Waals surface area contributed by atoms with E-state index < -0.39 is 0 Å². The lowest BCUT2D eigenvalue weighted by Gasteiger charge is -2.11. The molecule has 2 rings (SSSR count). The first-order chi connectivity index (χ1) is 9.63. The van der Waals surface area contributed by atoms with Crippen molar-refractivity contribution in [2.45, 2.75) is 32.4 Å². The molecule has 2 N–H and O–H groups in total. The van der Waals surface area contributed by atoms with Crippen LogP contribution >= 0.6 is 11.6 Å². The molecule has 0 amide bonds. The maximum atomic E-state index is 11.9. The number of benzene rings is 1. The number of nitrogens with one attached hydrogen (secondary N) is 2. The molecule has 0 fully saturated rings. The summed E-state index contributed by atoms with van der Waals surface area (Å²) < 4.78 is 0. The predicted octanol–water partition coefficient (Wildman–Crippen LogP) is 2.47. The monoisotopic (exact) mass is 289 g/mol. The lowest BCUT2D eigenvalue weighted by molar-refractivity contribution is 0.551. The molecule has 1 atom stereocenters. The van der Waals surface area contributed by atoms with Crippen LogP contribution in [0, 0.1) is 12.3 Å². The molecule has 5 heteroatoms. The third-order valence-corrected chi connectivity index (χ3v) is 3.25. The summed E-state index contributed by atoms with van der Waals surface area (Å²) in [5.41, 5.74) is 0.419. The number of fused-ring (bicyclic) bond motifs is 1. The summed E-state index contributed by atoms with van der Waals surface area (Å²) in [6.07, 6.45) is 7.33. The number of terminal acetylenes is 1. The highest BCUT2D eigenvalue weighted by atomic mass is 35.5. The van der Waals surface area contributed by atoms with Crippen molar-refractivity contribution >= 4 is 22.5 Å². The van der Waals surface area contributed by atoms with Gasteiger partial charge in [0.15, 0.2) is 0 Å². The first kappa shape index (κ1) is 14.6. The van der Waals surface area contributed by atoms with E-state index in [0.717, 1.165) is 12.8 Å². The summed E-state index contributed by atoms with van der Waals surface area (Å²) in [5, 5.41) is 4.28. The molecule has 20 heavy (non-hydrogen) atoms. The van der Waals surface area contributed by atoms with E-state index in [1.807, 2.05) is 0 Å². The number of aromatic nitrogens is 2. The fourth-order valence-electron chi connectivity index (χ4n) is 2.00. The van der Waals surface area contributed by atoms with Gasteiger partial charge in [0.1, 0.15) is 5.82 Å². The van der Waals surface area contributed by atoms with Gasteiger partial charge >= 0.3 is 0 Å². The van der Waals surface area contributed by atoms with Crippen LogP contribution in [0.4, 0.5) is 0 Å². The normalized spacial score (nSPS) is 12.2. The maximum absolute atomic E-state index is 11.9. The van der Waals surface area contributed by atoms with Crippen LogP contribution in [-0.2, 0) is 6.54 Å². The van der Waals surface area contributed by atoms with Crippen molar-refractivity contribution < 1.29 is 0 Å². The Balaban J connectivity index is 2.23. The molecule has 0 saturated heterocycles. The molecule has 104 valence electrons. The predicted molar refractivity (Wildman–Crippen MR) is 81.7 cm³/mol. The number of H-pyrrole nitrogens is 1. The Hall–Kier alpha value is -1.83. The van der Waals surface area contributed by atoms with E-state index in [0.29, 0.717) is 28.3 Å². The molecule has 0 spiro atoms. The van der Waals surface area contributed by atoms with Crippen LogP contribution in [0.3, 0.4) is 0 Å². The van der Waals surface area contributed by atoms with Gasteiger partial charge in [-0.15, -0.1) is 6.42 Å². The summed E-state index contributed by atoms with van der Waals surface area (Å²) in [4.78, 5) is 19.1. The quantitative estimate of drug-likeness (QED) is 0.832. The summed E-state index contributed by atoms with van der Waals surface area (Å²) >= 11 is 5.92. The van der Waals surface area contributed by atoms with Gasteiger partial charge in [0.25, 0.3) is 5.56 Å². The van der Waals surface area contributed by atoms with Gasteiger partial charge in [-0.2, -0.15) is 0 Å². The van der Waals surface area contributed by atoms with Gasteiger partial charge in [0, 0.05) is 5.02 Å². The number of aromatic amines is 1. The van der Waals surface area contributed by atoms with Gasteiger partial charge in [0.05, 0.1) is 23.5 Å². The topological polar surface area (TPSA) is 57.8 Å². The SMILES string of the molecule is C#CC(CCC)NCc1nc2cc(Cl)ccc2c(=O)[nH]1. The summed E-state index contributed by atoms with van der Waals surface area (Å²) in [5.74, 6) is 3.24. The second-order valence-electron chi connectivity index (χ2n) is 4.56. The summed E-state index contributed by atoms with van der Waals surface area (Å²) in [6, 6.07) is 5.01. The lowest BCUT2D eigenvalue weighted by atomic mass is 10.2. The zero-order valence-corrected chi connectivity index (χ0v) is 12.0. The Morgan fingerprint density at radius 1 is 1.55 bits per heavy atom. The summed E-state index contributed by atoms with van der Waals surface area (Å²) in [7, 11) is 0. The third-order valence-electron chi connectivity index (χ3n) is 3.01. The Morgan fingerprint density at radius 3 is 3.05 bits per heavy atom. The Labute approximate surface area is 122 Å². The standard InChI is InChI=1S/C15H16ClN3O/c1-3-5-11(4-2)17-9-14-18-13-8-10(16)6-7-12(13)15(20)19-14/h2,6-8,11,17H,3,5,9H2,1H3,(H,18,19,20). The molecule has 0 aliphatic rings. The van der Waals surface area contributed by atoms with Crippen molar-refractivity contribution in [1.29, 1.82) is 0 Å². The van der Waals surface area contributed by atoms with Gasteiger partial charge < -0.3 is 4.98 Å². The largest absolute Gasteiger partial charge is 0.309 e. The minimum atomic E-state index is -0.170. The maximum Gasteiger partial charge on any atom is 0.258 e. The highest BCUT2D eigenvalue weighted by Gasteiger charge is 2.07. The molecular formula is C15H16ClN3O. The fourth-order valence-corrected chi connectivity index (χ4v) is 2.16. The molecule has 1 unspecified atom stereocenters. The van der Waals surface area contributed by atoms with Crippen LogP contribution in [0.25, 0.3) is 10.9 Å². The van der Waals surface area contributed by atoms with Gasteiger partial charge in [-0.1, -0.05) is 30.9 Å². The average molecular weight is 290 g/mol. The van der Waals surface area contributed by atoms with Crippen LogP contribution in [0.5, 0.6) is 0 Å². The first-order valence-electron chi connectivity index (χ1n) is 6.52. The number of hydrogen-bond acceptors (Lipinski definition) is 3.